The average Bonchev–Trinajstić information content (AvgIpc) is 3.13. The second kappa shape index (κ2) is 6.89. The van der Waals surface area contributed by atoms with E-state index in [0.29, 0.717) is 6.54 Å². The van der Waals surface area contributed by atoms with Crippen LogP contribution in [0.1, 0.15) is 20.8 Å². The van der Waals surface area contributed by atoms with Crippen molar-refractivity contribution in [2.45, 2.75) is 26.6 Å². The molecule has 2 amide bonds. The molecule has 0 aliphatic carbocycles. The van der Waals surface area contributed by atoms with E-state index in [0.717, 1.165) is 21.8 Å². The summed E-state index contributed by atoms with van der Waals surface area (Å²) in [6.45, 7) is 17.9. The Morgan fingerprint density at radius 1 is 1.19 bits per heavy atom. The first kappa shape index (κ1) is 17.4. The molecule has 6 nitrogen and oxygen atoms in total. The molecule has 0 aromatic heterocycles. The van der Waals surface area contributed by atoms with Gasteiger partial charge >= 0.3 is 6.03 Å². The second-order valence-electron chi connectivity index (χ2n) is 5.71. The molecule has 0 aromatic carbocycles. The van der Waals surface area contributed by atoms with Crippen LogP contribution in [0, 0.1) is 0 Å². The fourth-order valence-electron chi connectivity index (χ4n) is 1.83. The van der Waals surface area contributed by atoms with E-state index in [1.165, 1.54) is 4.90 Å². The first-order valence-electron chi connectivity index (χ1n) is 6.78. The summed E-state index contributed by atoms with van der Waals surface area (Å²) in [6, 6.07) is -0.334. The first-order chi connectivity index (χ1) is 9.69. The average molecular weight is 295 g/mol. The molecule has 2 N–H and O–H groups in total. The number of ether oxygens (including phenoxy) is 1. The third kappa shape index (κ3) is 4.70. The molecule has 1 aliphatic heterocycles. The Morgan fingerprint density at radius 2 is 1.71 bits per heavy atom. The van der Waals surface area contributed by atoms with Crippen LogP contribution in [-0.4, -0.2) is 53.3 Å². The topological polar surface area (TPSA) is 68.3 Å². The Hall–Kier alpha value is -1.63. The highest BCUT2D eigenvalue weighted by Gasteiger charge is 2.57. The van der Waals surface area contributed by atoms with Gasteiger partial charge in [-0.1, -0.05) is 36.5 Å². The van der Waals surface area contributed by atoms with Crippen LogP contribution in [0.5, 0.6) is 0 Å². The van der Waals surface area contributed by atoms with E-state index in [2.05, 4.69) is 25.1 Å². The summed E-state index contributed by atoms with van der Waals surface area (Å²) in [5.74, 6) is -1.14. The molecular formula is C15H25N3O3. The third-order valence-electron chi connectivity index (χ3n) is 2.86. The van der Waals surface area contributed by atoms with E-state index < -0.39 is 5.85 Å². The molecule has 118 valence electrons. The van der Waals surface area contributed by atoms with Crippen LogP contribution in [0.2, 0.25) is 0 Å². The minimum absolute atomic E-state index is 0.223. The van der Waals surface area contributed by atoms with Crippen LogP contribution in [0.25, 0.3) is 0 Å². The quantitative estimate of drug-likeness (QED) is 0.311. The van der Waals surface area contributed by atoms with Crippen molar-refractivity contribution in [1.82, 2.24) is 15.3 Å². The maximum absolute atomic E-state index is 12.4. The van der Waals surface area contributed by atoms with Gasteiger partial charge in [-0.05, 0) is 20.8 Å². The van der Waals surface area contributed by atoms with Crippen LogP contribution in [-0.2, 0) is 4.74 Å². The number of nitrogens with one attached hydrogen (secondary N) is 1. The van der Waals surface area contributed by atoms with Crippen molar-refractivity contribution in [1.29, 1.82) is 0 Å². The summed E-state index contributed by atoms with van der Waals surface area (Å²) in [6.07, 6.45) is 0. The molecule has 1 saturated heterocycles. The largest absolute Gasteiger partial charge is 0.334 e. The zero-order chi connectivity index (χ0) is 16.2. The first-order valence-corrected chi connectivity index (χ1v) is 6.78. The molecule has 1 heterocycles. The zero-order valence-corrected chi connectivity index (χ0v) is 13.1. The van der Waals surface area contributed by atoms with Gasteiger partial charge < -0.3 is 15.3 Å². The lowest BCUT2D eigenvalue weighted by atomic mass is 10.2. The van der Waals surface area contributed by atoms with Crippen LogP contribution >= 0.6 is 0 Å². The van der Waals surface area contributed by atoms with E-state index in [1.807, 2.05) is 13.8 Å². The molecule has 21 heavy (non-hydrogen) atoms. The highest BCUT2D eigenvalue weighted by molar-refractivity contribution is 5.75. The van der Waals surface area contributed by atoms with Crippen LogP contribution in [0.4, 0.5) is 4.79 Å². The molecular weight excluding hydrogens is 270 g/mol. The lowest BCUT2D eigenvalue weighted by Crippen LogP contribution is -2.57. The number of carbonyl (C=O) groups is 1. The highest BCUT2D eigenvalue weighted by Crippen LogP contribution is 2.35. The van der Waals surface area contributed by atoms with Crippen molar-refractivity contribution in [2.24, 2.45) is 0 Å². The van der Waals surface area contributed by atoms with Crippen LogP contribution < -0.4 is 5.32 Å². The monoisotopic (exact) mass is 295 g/mol. The van der Waals surface area contributed by atoms with Gasteiger partial charge in [0.1, 0.15) is 6.61 Å². The number of urea groups is 1. The second-order valence-corrected chi connectivity index (χ2v) is 5.71. The molecule has 0 aromatic rings. The fourth-order valence-corrected chi connectivity index (χ4v) is 1.83. The summed E-state index contributed by atoms with van der Waals surface area (Å²) in [5.41, 5.74) is 2.40. The van der Waals surface area contributed by atoms with Crippen molar-refractivity contribution in [2.75, 3.05) is 26.2 Å². The third-order valence-corrected chi connectivity index (χ3v) is 2.86. The van der Waals surface area contributed by atoms with Crippen LogP contribution in [0.3, 0.4) is 0 Å². The van der Waals surface area contributed by atoms with Crippen molar-refractivity contribution < 1.29 is 14.7 Å². The summed E-state index contributed by atoms with van der Waals surface area (Å²) in [5, 5.41) is 13.9. The van der Waals surface area contributed by atoms with Gasteiger partial charge in [0.2, 0.25) is 0 Å². The summed E-state index contributed by atoms with van der Waals surface area (Å²) < 4.78 is 5.39. The molecule has 0 spiro atoms. The molecule has 1 atom stereocenters. The molecule has 0 bridgehead atoms. The van der Waals surface area contributed by atoms with Gasteiger partial charge in [0.05, 0.1) is 0 Å². The van der Waals surface area contributed by atoms with Crippen LogP contribution in [0.15, 0.2) is 36.5 Å². The minimum atomic E-state index is -1.14. The number of nitrogens with zero attached hydrogens (tertiary/aromatic N) is 2. The van der Waals surface area contributed by atoms with Gasteiger partial charge in [0.25, 0.3) is 5.85 Å². The fraction of sp³-hybridized carbons (Fsp3) is 0.533. The summed E-state index contributed by atoms with van der Waals surface area (Å²) in [7, 11) is 0. The molecule has 1 aliphatic rings. The predicted molar refractivity (Wildman–Crippen MR) is 81.7 cm³/mol. The Kier molecular flexibility index (Phi) is 5.71. The van der Waals surface area contributed by atoms with E-state index in [9.17, 15) is 10.0 Å². The number of hydroxylamine groups is 2. The smallest absolute Gasteiger partial charge is 0.321 e. The number of hydrogen-bond donors (Lipinski definition) is 2. The number of hydrogen-bond acceptors (Lipinski definition) is 4. The number of rotatable bonds is 8. The number of epoxide rings is 1. The normalized spacial score (nSPS) is 20.0. The molecule has 1 fully saturated rings. The number of carbonyl (C=O) groups excluding carboxylic acids is 1. The molecule has 0 radical (unpaired) electrons. The van der Waals surface area contributed by atoms with Crippen molar-refractivity contribution >= 4 is 6.03 Å². The Bertz CT molecular complexity index is 455. The summed E-state index contributed by atoms with van der Waals surface area (Å²) >= 11 is 0. The zero-order valence-electron chi connectivity index (χ0n) is 13.1. The highest BCUT2D eigenvalue weighted by atomic mass is 16.7. The van der Waals surface area contributed by atoms with Gasteiger partial charge in [-0.2, -0.15) is 0 Å². The predicted octanol–water partition coefficient (Wildman–Crippen LogP) is 2.10. The van der Waals surface area contributed by atoms with Gasteiger partial charge in [-0.15, -0.1) is 5.06 Å². The summed E-state index contributed by atoms with van der Waals surface area (Å²) in [4.78, 5) is 13.8. The molecule has 1 rings (SSSR count). The van der Waals surface area contributed by atoms with Gasteiger partial charge in [-0.3, -0.25) is 4.90 Å². The molecule has 0 saturated carbocycles. The Labute approximate surface area is 126 Å². The molecule has 1 unspecified atom stereocenters. The van der Waals surface area contributed by atoms with Crippen molar-refractivity contribution in [3.8, 4) is 0 Å². The standard InChI is InChI=1S/C15H25N3O3/c1-11(2)7-16-14(19)17(8-12(3)4)15(10-21-15)18(20)9-13(5)6/h20H,1,3,5,7-10H2,2,4,6H3,(H,16,19). The lowest BCUT2D eigenvalue weighted by Gasteiger charge is -2.34. The number of amides is 2. The Morgan fingerprint density at radius 3 is 2.10 bits per heavy atom. The minimum Gasteiger partial charge on any atom is -0.334 e. The van der Waals surface area contributed by atoms with E-state index in [1.54, 1.807) is 6.92 Å². The van der Waals surface area contributed by atoms with Crippen molar-refractivity contribution in [3.05, 3.63) is 36.5 Å². The maximum Gasteiger partial charge on any atom is 0.321 e. The SMILES string of the molecule is C=C(C)CNC(=O)N(CC(=C)C)C1(N(O)CC(=C)C)CO1. The van der Waals surface area contributed by atoms with Gasteiger partial charge in [-0.25, -0.2) is 4.79 Å². The maximum atomic E-state index is 12.4. The van der Waals surface area contributed by atoms with E-state index >= 15 is 0 Å². The van der Waals surface area contributed by atoms with Gasteiger partial charge in [0.15, 0.2) is 0 Å². The molecule has 6 heteroatoms. The van der Waals surface area contributed by atoms with E-state index in [4.69, 9.17) is 4.74 Å². The van der Waals surface area contributed by atoms with E-state index in [-0.39, 0.29) is 25.7 Å². The van der Waals surface area contributed by atoms with Gasteiger partial charge in [0, 0.05) is 19.6 Å². The lowest BCUT2D eigenvalue weighted by molar-refractivity contribution is -0.206. The van der Waals surface area contributed by atoms with Crippen molar-refractivity contribution in [3.63, 3.8) is 0 Å². The Balaban J connectivity index is 2.86.